The molecule has 0 fully saturated rings. The maximum atomic E-state index is 11.0. The van der Waals surface area contributed by atoms with E-state index < -0.39 is 25.2 Å². The minimum Gasteiger partial charge on any atom is -0.482 e. The van der Waals surface area contributed by atoms with Gasteiger partial charge in [-0.1, -0.05) is 23.2 Å². The van der Waals surface area contributed by atoms with Gasteiger partial charge in [0.25, 0.3) is 0 Å². The predicted molar refractivity (Wildman–Crippen MR) is 172 cm³/mol. The molecule has 10 nitrogen and oxygen atoms in total. The number of anilines is 2. The van der Waals surface area contributed by atoms with Gasteiger partial charge in [-0.3, -0.25) is 0 Å². The molecule has 0 bridgehead atoms. The summed E-state index contributed by atoms with van der Waals surface area (Å²) < 4.78 is 10.9. The van der Waals surface area contributed by atoms with Crippen LogP contribution in [0.15, 0.2) is 72.8 Å². The summed E-state index contributed by atoms with van der Waals surface area (Å²) in [7, 11) is 0. The highest BCUT2D eigenvalue weighted by molar-refractivity contribution is 6.32. The SMILES string of the molecule is O=C(O)COc1ccc2nc3cc(Cl)ccc3c(NCCNc3c4ccc(Cl)cc4nc4ccc(OCC(=O)O)cc34)c2c1. The minimum absolute atomic E-state index is 0.408. The normalized spacial score (nSPS) is 11.2. The third-order valence-electron chi connectivity index (χ3n) is 6.87. The summed E-state index contributed by atoms with van der Waals surface area (Å²) in [6.45, 7) is 0.0319. The largest absolute Gasteiger partial charge is 0.482 e. The number of carbonyl (C=O) groups is 2. The van der Waals surface area contributed by atoms with E-state index in [1.165, 1.54) is 0 Å². The maximum absolute atomic E-state index is 11.0. The number of carboxylic acid groups (broad SMARTS) is 2. The highest BCUT2D eigenvalue weighted by atomic mass is 35.5. The Kier molecular flexibility index (Phi) is 8.10. The first-order valence-electron chi connectivity index (χ1n) is 13.5. The molecule has 222 valence electrons. The van der Waals surface area contributed by atoms with E-state index in [9.17, 15) is 9.59 Å². The van der Waals surface area contributed by atoms with Crippen LogP contribution in [0.25, 0.3) is 43.6 Å². The third-order valence-corrected chi connectivity index (χ3v) is 7.34. The van der Waals surface area contributed by atoms with Crippen molar-refractivity contribution in [1.82, 2.24) is 9.97 Å². The lowest BCUT2D eigenvalue weighted by molar-refractivity contribution is -0.140. The van der Waals surface area contributed by atoms with E-state index in [0.717, 1.165) is 32.9 Å². The topological polar surface area (TPSA) is 143 Å². The summed E-state index contributed by atoms with van der Waals surface area (Å²) >= 11 is 12.5. The zero-order chi connectivity index (χ0) is 30.8. The van der Waals surface area contributed by atoms with Crippen molar-refractivity contribution in [3.8, 4) is 11.5 Å². The summed E-state index contributed by atoms with van der Waals surface area (Å²) in [5, 5.41) is 29.4. The molecule has 0 aliphatic rings. The van der Waals surface area contributed by atoms with Gasteiger partial charge in [0.1, 0.15) is 11.5 Å². The van der Waals surface area contributed by atoms with Crippen molar-refractivity contribution in [2.24, 2.45) is 0 Å². The first-order chi connectivity index (χ1) is 21.2. The number of aromatic nitrogens is 2. The predicted octanol–water partition coefficient (Wildman–Crippen LogP) is 6.85. The molecule has 6 aromatic rings. The molecule has 4 N–H and O–H groups in total. The smallest absolute Gasteiger partial charge is 0.341 e. The van der Waals surface area contributed by atoms with Gasteiger partial charge in [-0.15, -0.1) is 0 Å². The fourth-order valence-corrected chi connectivity index (χ4v) is 5.35. The Labute approximate surface area is 260 Å². The monoisotopic (exact) mass is 630 g/mol. The Balaban J connectivity index is 1.33. The van der Waals surface area contributed by atoms with Gasteiger partial charge in [0, 0.05) is 44.7 Å². The van der Waals surface area contributed by atoms with Crippen LogP contribution in [0.1, 0.15) is 0 Å². The summed E-state index contributed by atoms with van der Waals surface area (Å²) in [4.78, 5) is 31.6. The molecule has 2 aromatic heterocycles. The van der Waals surface area contributed by atoms with Crippen LogP contribution in [0, 0.1) is 0 Å². The maximum Gasteiger partial charge on any atom is 0.341 e. The number of nitrogens with zero attached hydrogens (tertiary/aromatic N) is 2. The van der Waals surface area contributed by atoms with E-state index in [0.29, 0.717) is 56.7 Å². The molecular weight excluding hydrogens is 607 g/mol. The zero-order valence-corrected chi connectivity index (χ0v) is 24.4. The van der Waals surface area contributed by atoms with E-state index in [-0.39, 0.29) is 0 Å². The summed E-state index contributed by atoms with van der Waals surface area (Å²) in [6.07, 6.45) is 0. The van der Waals surface area contributed by atoms with E-state index in [4.69, 9.17) is 52.9 Å². The molecule has 0 aliphatic carbocycles. The zero-order valence-electron chi connectivity index (χ0n) is 22.9. The van der Waals surface area contributed by atoms with E-state index >= 15 is 0 Å². The molecule has 0 amide bonds. The average Bonchev–Trinajstić information content (AvgIpc) is 2.99. The average molecular weight is 631 g/mol. The van der Waals surface area contributed by atoms with E-state index in [1.54, 1.807) is 60.7 Å². The van der Waals surface area contributed by atoms with Crippen molar-refractivity contribution in [2.45, 2.75) is 0 Å². The van der Waals surface area contributed by atoms with Crippen LogP contribution in [0.4, 0.5) is 11.4 Å². The second-order valence-electron chi connectivity index (χ2n) is 9.87. The molecule has 6 rings (SSSR count). The van der Waals surface area contributed by atoms with Crippen LogP contribution < -0.4 is 20.1 Å². The molecule has 4 aromatic carbocycles. The van der Waals surface area contributed by atoms with E-state index in [2.05, 4.69) is 10.6 Å². The van der Waals surface area contributed by atoms with Crippen molar-refractivity contribution >= 4 is 90.1 Å². The van der Waals surface area contributed by atoms with Crippen molar-refractivity contribution in [3.05, 3.63) is 82.8 Å². The second kappa shape index (κ2) is 12.3. The lowest BCUT2D eigenvalue weighted by Gasteiger charge is -2.17. The van der Waals surface area contributed by atoms with Crippen LogP contribution in [0.2, 0.25) is 10.0 Å². The van der Waals surface area contributed by atoms with Crippen molar-refractivity contribution < 1.29 is 29.3 Å². The second-order valence-corrected chi connectivity index (χ2v) is 10.7. The molecule has 2 heterocycles. The lowest BCUT2D eigenvalue weighted by Crippen LogP contribution is -2.15. The number of hydrogen-bond donors (Lipinski definition) is 4. The Hall–Kier alpha value is -5.06. The number of hydrogen-bond acceptors (Lipinski definition) is 8. The molecule has 0 aliphatic heterocycles. The number of fused-ring (bicyclic) bond motifs is 4. The van der Waals surface area contributed by atoms with Gasteiger partial charge in [-0.05, 0) is 72.8 Å². The number of benzene rings is 4. The number of ether oxygens (including phenoxy) is 2. The molecule has 0 saturated carbocycles. The molecule has 0 saturated heterocycles. The molecule has 12 heteroatoms. The summed E-state index contributed by atoms with van der Waals surface area (Å²) in [5.41, 5.74) is 4.38. The van der Waals surface area contributed by atoms with Crippen LogP contribution in [-0.2, 0) is 9.59 Å². The van der Waals surface area contributed by atoms with Crippen LogP contribution >= 0.6 is 23.2 Å². The van der Waals surface area contributed by atoms with Gasteiger partial charge >= 0.3 is 11.9 Å². The minimum atomic E-state index is -1.07. The van der Waals surface area contributed by atoms with Crippen molar-refractivity contribution in [1.29, 1.82) is 0 Å². The Morgan fingerprint density at radius 3 is 1.43 bits per heavy atom. The van der Waals surface area contributed by atoms with Crippen LogP contribution in [-0.4, -0.2) is 58.4 Å². The quantitative estimate of drug-likeness (QED) is 0.0886. The molecule has 0 unspecified atom stereocenters. The van der Waals surface area contributed by atoms with Crippen molar-refractivity contribution in [2.75, 3.05) is 36.9 Å². The number of nitrogens with one attached hydrogen (secondary N) is 2. The first kappa shape index (κ1) is 29.0. The molecule has 44 heavy (non-hydrogen) atoms. The van der Waals surface area contributed by atoms with E-state index in [1.807, 2.05) is 12.1 Å². The molecule has 0 spiro atoms. The Morgan fingerprint density at radius 2 is 1.02 bits per heavy atom. The van der Waals surface area contributed by atoms with Crippen LogP contribution in [0.5, 0.6) is 11.5 Å². The molecule has 0 radical (unpaired) electrons. The van der Waals surface area contributed by atoms with Crippen LogP contribution in [0.3, 0.4) is 0 Å². The first-order valence-corrected chi connectivity index (χ1v) is 14.2. The van der Waals surface area contributed by atoms with Gasteiger partial charge in [0.15, 0.2) is 13.2 Å². The number of carboxylic acids is 2. The number of pyridine rings is 2. The molecule has 0 atom stereocenters. The number of rotatable bonds is 11. The fourth-order valence-electron chi connectivity index (χ4n) is 5.02. The standard InChI is InChI=1S/C32H24Cl2N4O6/c33-17-1-5-21-27(11-17)37-25-7-3-19(43-15-29(39)40)13-23(25)31(21)35-9-10-36-32-22-6-2-18(34)12-28(22)38-26-8-4-20(14-24(26)32)44-16-30(41)42/h1-8,11-14H,9-10,15-16H2,(H,35,37)(H,36,38)(H,39,40)(H,41,42). The highest BCUT2D eigenvalue weighted by Crippen LogP contribution is 2.36. The lowest BCUT2D eigenvalue weighted by atomic mass is 10.1. The number of halogens is 2. The third kappa shape index (κ3) is 6.17. The van der Waals surface area contributed by atoms with Gasteiger partial charge in [-0.2, -0.15) is 0 Å². The Morgan fingerprint density at radius 1 is 0.591 bits per heavy atom. The van der Waals surface area contributed by atoms with Gasteiger partial charge in [0.2, 0.25) is 0 Å². The fraction of sp³-hybridized carbons (Fsp3) is 0.125. The number of aliphatic carboxylic acids is 2. The molecular formula is C32H24Cl2N4O6. The van der Waals surface area contributed by atoms with Crippen molar-refractivity contribution in [3.63, 3.8) is 0 Å². The highest BCUT2D eigenvalue weighted by Gasteiger charge is 2.14. The van der Waals surface area contributed by atoms with Gasteiger partial charge in [-0.25, -0.2) is 19.6 Å². The van der Waals surface area contributed by atoms with Gasteiger partial charge < -0.3 is 30.3 Å². The van der Waals surface area contributed by atoms with Gasteiger partial charge in [0.05, 0.1) is 33.4 Å². The summed E-state index contributed by atoms with van der Waals surface area (Å²) in [5.74, 6) is -1.32. The summed E-state index contributed by atoms with van der Waals surface area (Å²) in [6, 6.07) is 21.4. The Bertz CT molecular complexity index is 1940.